The number of hydrogen-bond acceptors (Lipinski definition) is 8. The second-order valence-corrected chi connectivity index (χ2v) is 10.1. The Hall–Kier alpha value is -2.89. The average molecular weight is 489 g/mol. The van der Waals surface area contributed by atoms with Gasteiger partial charge in [0.15, 0.2) is 10.2 Å². The number of aliphatic hydroxyl groups is 1. The zero-order chi connectivity index (χ0) is 23.6. The maximum Gasteiger partial charge on any atom is 0.174 e. The molecule has 0 aliphatic heterocycles. The number of hydrogen-bond donors (Lipinski definition) is 1. The fraction of sp³-hybridized carbons (Fsp3) is 0.273. The van der Waals surface area contributed by atoms with E-state index in [-0.39, 0.29) is 12.1 Å². The zero-order valence-electron chi connectivity index (χ0n) is 18.2. The number of benzene rings is 2. The number of aromatic nitrogens is 5. The van der Waals surface area contributed by atoms with Crippen LogP contribution in [0.4, 0.5) is 14.5 Å². The van der Waals surface area contributed by atoms with Crippen LogP contribution < -0.4 is 4.90 Å². The van der Waals surface area contributed by atoms with Gasteiger partial charge >= 0.3 is 0 Å². The second kappa shape index (κ2) is 9.54. The summed E-state index contributed by atoms with van der Waals surface area (Å²) in [5.41, 5.74) is 0.203. The second-order valence-electron chi connectivity index (χ2n) is 7.73. The van der Waals surface area contributed by atoms with Crippen LogP contribution in [0, 0.1) is 11.6 Å². The minimum atomic E-state index is -1.71. The van der Waals surface area contributed by atoms with Gasteiger partial charge in [0.05, 0.1) is 6.54 Å². The highest BCUT2D eigenvalue weighted by molar-refractivity contribution is 8.01. The highest BCUT2D eigenvalue weighted by atomic mass is 32.2. The SMILES string of the molecule is C[C@@H](Sc1nc(-c2ccc(N(C)C)cc2)ns1)C(O)(Cn1cncn1)c1ccc(F)cc1F. The fourth-order valence-corrected chi connectivity index (χ4v) is 5.36. The average Bonchev–Trinajstić information content (AvgIpc) is 3.46. The van der Waals surface area contributed by atoms with Crippen molar-refractivity contribution in [2.24, 2.45) is 0 Å². The lowest BCUT2D eigenvalue weighted by molar-refractivity contribution is 0.0133. The molecule has 11 heteroatoms. The van der Waals surface area contributed by atoms with Crippen LogP contribution in [0.15, 0.2) is 59.5 Å². The van der Waals surface area contributed by atoms with Gasteiger partial charge in [0.25, 0.3) is 0 Å². The summed E-state index contributed by atoms with van der Waals surface area (Å²) in [6, 6.07) is 11.0. The predicted octanol–water partition coefficient (Wildman–Crippen LogP) is 4.21. The van der Waals surface area contributed by atoms with Crippen LogP contribution in [-0.2, 0) is 12.1 Å². The van der Waals surface area contributed by atoms with Gasteiger partial charge in [-0.1, -0.05) is 17.8 Å². The number of nitrogens with zero attached hydrogens (tertiary/aromatic N) is 6. The van der Waals surface area contributed by atoms with Crippen LogP contribution in [0.2, 0.25) is 0 Å². The zero-order valence-corrected chi connectivity index (χ0v) is 19.8. The van der Waals surface area contributed by atoms with E-state index < -0.39 is 22.5 Å². The van der Waals surface area contributed by atoms with E-state index in [1.807, 2.05) is 43.3 Å². The quantitative estimate of drug-likeness (QED) is 0.372. The summed E-state index contributed by atoms with van der Waals surface area (Å²) < 4.78 is 34.7. The number of thioether (sulfide) groups is 1. The molecule has 0 saturated carbocycles. The summed E-state index contributed by atoms with van der Waals surface area (Å²) in [4.78, 5) is 10.5. The summed E-state index contributed by atoms with van der Waals surface area (Å²) >= 11 is 2.47. The first kappa shape index (κ1) is 23.3. The first-order valence-corrected chi connectivity index (χ1v) is 11.7. The van der Waals surface area contributed by atoms with Crippen LogP contribution in [0.1, 0.15) is 12.5 Å². The van der Waals surface area contributed by atoms with E-state index in [4.69, 9.17) is 0 Å². The Morgan fingerprint density at radius 1 is 1.18 bits per heavy atom. The minimum Gasteiger partial charge on any atom is -0.382 e. The van der Waals surface area contributed by atoms with E-state index in [1.165, 1.54) is 46.7 Å². The number of anilines is 1. The Balaban J connectivity index is 1.60. The Bertz CT molecular complexity index is 1220. The molecule has 4 rings (SSSR count). The van der Waals surface area contributed by atoms with E-state index in [9.17, 15) is 13.9 Å². The summed E-state index contributed by atoms with van der Waals surface area (Å²) in [5.74, 6) is -0.967. The van der Waals surface area contributed by atoms with Crippen molar-refractivity contribution in [2.45, 2.75) is 28.7 Å². The Morgan fingerprint density at radius 2 is 1.94 bits per heavy atom. The first-order chi connectivity index (χ1) is 15.8. The molecule has 0 aliphatic rings. The van der Waals surface area contributed by atoms with Crippen molar-refractivity contribution in [3.8, 4) is 11.4 Å². The van der Waals surface area contributed by atoms with Crippen LogP contribution in [0.5, 0.6) is 0 Å². The predicted molar refractivity (Wildman–Crippen MR) is 125 cm³/mol. The van der Waals surface area contributed by atoms with Crippen molar-refractivity contribution in [3.63, 3.8) is 0 Å². The summed E-state index contributed by atoms with van der Waals surface area (Å²) in [5, 5.41) is 15.1. The molecular weight excluding hydrogens is 466 g/mol. The molecule has 172 valence electrons. The Labute approximate surface area is 198 Å². The monoisotopic (exact) mass is 488 g/mol. The third-order valence-corrected chi connectivity index (χ3v) is 7.33. The summed E-state index contributed by atoms with van der Waals surface area (Å²) in [7, 11) is 3.94. The van der Waals surface area contributed by atoms with E-state index in [1.54, 1.807) is 6.92 Å². The molecule has 2 atom stereocenters. The Kier molecular flexibility index (Phi) is 6.73. The van der Waals surface area contributed by atoms with Gasteiger partial charge in [-0.05, 0) is 48.8 Å². The molecular formula is C22H22F2N6OS2. The Morgan fingerprint density at radius 3 is 2.58 bits per heavy atom. The van der Waals surface area contributed by atoms with Gasteiger partial charge in [-0.25, -0.2) is 23.4 Å². The highest BCUT2D eigenvalue weighted by Gasteiger charge is 2.40. The number of halogens is 2. The van der Waals surface area contributed by atoms with Gasteiger partial charge in [-0.15, -0.1) is 0 Å². The topological polar surface area (TPSA) is 80.0 Å². The molecule has 0 fully saturated rings. The van der Waals surface area contributed by atoms with Crippen LogP contribution in [0.25, 0.3) is 11.4 Å². The normalized spacial score (nSPS) is 14.1. The molecule has 33 heavy (non-hydrogen) atoms. The van der Waals surface area contributed by atoms with Gasteiger partial charge in [-0.2, -0.15) is 9.47 Å². The maximum atomic E-state index is 14.7. The van der Waals surface area contributed by atoms with Gasteiger partial charge < -0.3 is 10.0 Å². The molecule has 2 aromatic carbocycles. The molecule has 1 unspecified atom stereocenters. The lowest BCUT2D eigenvalue weighted by atomic mass is 9.90. The highest BCUT2D eigenvalue weighted by Crippen LogP contribution is 2.40. The fourth-order valence-electron chi connectivity index (χ4n) is 3.37. The maximum absolute atomic E-state index is 14.7. The molecule has 0 amide bonds. The smallest absolute Gasteiger partial charge is 0.174 e. The van der Waals surface area contributed by atoms with Crippen molar-refractivity contribution in [1.82, 2.24) is 24.1 Å². The van der Waals surface area contributed by atoms with Crippen molar-refractivity contribution in [2.75, 3.05) is 19.0 Å². The first-order valence-electron chi connectivity index (χ1n) is 10.0. The van der Waals surface area contributed by atoms with Gasteiger partial charge in [0.2, 0.25) is 0 Å². The molecule has 0 bridgehead atoms. The lowest BCUT2D eigenvalue weighted by Gasteiger charge is -2.33. The van der Waals surface area contributed by atoms with Crippen molar-refractivity contribution in [3.05, 3.63) is 72.3 Å². The van der Waals surface area contributed by atoms with Gasteiger partial charge in [-0.3, -0.25) is 0 Å². The molecule has 0 radical (unpaired) electrons. The molecule has 1 N–H and O–H groups in total. The molecule has 0 saturated heterocycles. The van der Waals surface area contributed by atoms with Crippen molar-refractivity contribution >= 4 is 29.0 Å². The van der Waals surface area contributed by atoms with E-state index >= 15 is 0 Å². The van der Waals surface area contributed by atoms with Crippen LogP contribution in [0.3, 0.4) is 0 Å². The number of rotatable bonds is 8. The molecule has 7 nitrogen and oxygen atoms in total. The molecule has 4 aromatic rings. The largest absolute Gasteiger partial charge is 0.382 e. The van der Waals surface area contributed by atoms with Crippen molar-refractivity contribution < 1.29 is 13.9 Å². The summed E-state index contributed by atoms with van der Waals surface area (Å²) in [6.45, 7) is 1.69. The van der Waals surface area contributed by atoms with Gasteiger partial charge in [0, 0.05) is 42.2 Å². The summed E-state index contributed by atoms with van der Waals surface area (Å²) in [6.07, 6.45) is 2.77. The minimum absolute atomic E-state index is 0.0246. The third kappa shape index (κ3) is 5.05. The van der Waals surface area contributed by atoms with Crippen LogP contribution in [-0.4, -0.2) is 48.6 Å². The van der Waals surface area contributed by atoms with Crippen LogP contribution >= 0.6 is 23.3 Å². The van der Waals surface area contributed by atoms with Gasteiger partial charge in [0.1, 0.15) is 29.9 Å². The van der Waals surface area contributed by atoms with E-state index in [0.717, 1.165) is 23.4 Å². The lowest BCUT2D eigenvalue weighted by Crippen LogP contribution is -2.41. The van der Waals surface area contributed by atoms with Crippen molar-refractivity contribution in [1.29, 1.82) is 0 Å². The third-order valence-electron chi connectivity index (χ3n) is 5.27. The van der Waals surface area contributed by atoms with E-state index in [0.29, 0.717) is 10.2 Å². The molecule has 0 spiro atoms. The molecule has 2 heterocycles. The standard InChI is InChI=1S/C22H22F2N6OS2/c1-14(32-21-27-20(28-33-21)15-4-7-17(8-5-15)29(2)3)22(31,11-30-13-25-12-26-30)18-9-6-16(23)10-19(18)24/h4-10,12-14,31H,11H2,1-3H3/t14-,22?/m1/s1. The molecule has 2 aromatic heterocycles. The van der Waals surface area contributed by atoms with E-state index in [2.05, 4.69) is 19.4 Å². The molecule has 0 aliphatic carbocycles.